The number of hydrogen-bond acceptors (Lipinski definition) is 2. The van der Waals surface area contributed by atoms with Crippen molar-refractivity contribution in [2.75, 3.05) is 7.11 Å². The lowest BCUT2D eigenvalue weighted by atomic mass is 9.84. The van der Waals surface area contributed by atoms with Crippen molar-refractivity contribution in [3.8, 4) is 0 Å². The van der Waals surface area contributed by atoms with Gasteiger partial charge in [-0.2, -0.15) is 0 Å². The number of esters is 1. The van der Waals surface area contributed by atoms with Gasteiger partial charge < -0.3 is 9.72 Å². The Morgan fingerprint density at radius 1 is 1.28 bits per heavy atom. The molecule has 1 aromatic carbocycles. The van der Waals surface area contributed by atoms with Gasteiger partial charge >= 0.3 is 5.97 Å². The molecule has 0 atom stereocenters. The van der Waals surface area contributed by atoms with E-state index in [-0.39, 0.29) is 5.97 Å². The Hall–Kier alpha value is -1.77. The molecule has 0 radical (unpaired) electrons. The summed E-state index contributed by atoms with van der Waals surface area (Å²) in [5.41, 5.74) is 3.85. The normalized spacial score (nSPS) is 11.8. The van der Waals surface area contributed by atoms with Crippen LogP contribution in [0.15, 0.2) is 18.2 Å². The molecule has 0 saturated heterocycles. The summed E-state index contributed by atoms with van der Waals surface area (Å²) in [6.45, 7) is 7.91. The van der Waals surface area contributed by atoms with E-state index in [2.05, 4.69) is 24.9 Å². The van der Waals surface area contributed by atoms with Gasteiger partial charge in [-0.25, -0.2) is 0 Å². The number of methoxy groups -OCH3 is 1. The molecule has 1 N–H and O–H groups in total. The van der Waals surface area contributed by atoms with Gasteiger partial charge in [-0.1, -0.05) is 6.07 Å². The number of aryl methyl sites for hydroxylation is 2. The molecule has 0 fully saturated rings. The van der Waals surface area contributed by atoms with E-state index in [1.165, 1.54) is 18.1 Å². The molecule has 0 aliphatic carbocycles. The van der Waals surface area contributed by atoms with Crippen LogP contribution in [0.25, 0.3) is 10.9 Å². The second-order valence-electron chi connectivity index (χ2n) is 5.25. The molecule has 96 valence electrons. The highest BCUT2D eigenvalue weighted by Gasteiger charge is 2.31. The van der Waals surface area contributed by atoms with E-state index in [4.69, 9.17) is 4.74 Å². The second-order valence-corrected chi connectivity index (χ2v) is 5.25. The van der Waals surface area contributed by atoms with Gasteiger partial charge in [0.05, 0.1) is 12.5 Å². The lowest BCUT2D eigenvalue weighted by Gasteiger charge is -2.22. The number of carbonyl (C=O) groups excluding carboxylic acids is 1. The summed E-state index contributed by atoms with van der Waals surface area (Å²) in [6, 6.07) is 6.08. The number of nitrogens with one attached hydrogen (secondary N) is 1. The Morgan fingerprint density at radius 2 is 1.94 bits per heavy atom. The zero-order chi connectivity index (χ0) is 13.5. The van der Waals surface area contributed by atoms with Crippen LogP contribution >= 0.6 is 0 Å². The smallest absolute Gasteiger partial charge is 0.315 e. The molecule has 3 nitrogen and oxygen atoms in total. The molecule has 2 aromatic rings. The van der Waals surface area contributed by atoms with Crippen molar-refractivity contribution in [1.29, 1.82) is 0 Å². The first-order valence-electron chi connectivity index (χ1n) is 6.05. The first-order chi connectivity index (χ1) is 8.37. The van der Waals surface area contributed by atoms with E-state index >= 15 is 0 Å². The second kappa shape index (κ2) is 4.16. The minimum Gasteiger partial charge on any atom is -0.468 e. The number of aromatic amines is 1. The highest BCUT2D eigenvalue weighted by atomic mass is 16.5. The van der Waals surface area contributed by atoms with Crippen molar-refractivity contribution in [3.05, 3.63) is 35.0 Å². The van der Waals surface area contributed by atoms with Crippen LogP contribution in [0, 0.1) is 13.8 Å². The minimum absolute atomic E-state index is 0.216. The Balaban J connectivity index is 2.59. The van der Waals surface area contributed by atoms with Gasteiger partial charge in [-0.15, -0.1) is 0 Å². The number of carbonyl (C=O) groups is 1. The molecular formula is C15H19NO2. The van der Waals surface area contributed by atoms with E-state index in [1.54, 1.807) is 0 Å². The van der Waals surface area contributed by atoms with Crippen LogP contribution < -0.4 is 0 Å². The van der Waals surface area contributed by atoms with E-state index in [1.807, 2.05) is 26.0 Å². The standard InChI is InChI=1S/C15H19NO2/c1-9-10(2)16-13-7-6-11(8-12(9)13)15(3,4)14(17)18-5/h6-8,16H,1-5H3. The number of aromatic nitrogens is 1. The molecule has 18 heavy (non-hydrogen) atoms. The number of H-pyrrole nitrogens is 1. The first kappa shape index (κ1) is 12.7. The average Bonchev–Trinajstić information content (AvgIpc) is 2.63. The van der Waals surface area contributed by atoms with Crippen LogP contribution in [0.5, 0.6) is 0 Å². The molecule has 1 heterocycles. The van der Waals surface area contributed by atoms with Gasteiger partial charge in [0.1, 0.15) is 0 Å². The van der Waals surface area contributed by atoms with E-state index in [0.29, 0.717) is 0 Å². The van der Waals surface area contributed by atoms with Crippen molar-refractivity contribution >= 4 is 16.9 Å². The van der Waals surface area contributed by atoms with Crippen LogP contribution in [0.4, 0.5) is 0 Å². The van der Waals surface area contributed by atoms with E-state index in [9.17, 15) is 4.79 Å². The molecule has 0 unspecified atom stereocenters. The quantitative estimate of drug-likeness (QED) is 0.825. The highest BCUT2D eigenvalue weighted by molar-refractivity contribution is 5.88. The summed E-state index contributed by atoms with van der Waals surface area (Å²) < 4.78 is 4.87. The summed E-state index contributed by atoms with van der Waals surface area (Å²) in [5, 5.41) is 1.17. The summed E-state index contributed by atoms with van der Waals surface area (Å²) in [6.07, 6.45) is 0. The predicted molar refractivity (Wildman–Crippen MR) is 72.8 cm³/mol. The summed E-state index contributed by atoms with van der Waals surface area (Å²) >= 11 is 0. The van der Waals surface area contributed by atoms with Gasteiger partial charge in [0.25, 0.3) is 0 Å². The van der Waals surface area contributed by atoms with Crippen LogP contribution in [0.3, 0.4) is 0 Å². The van der Waals surface area contributed by atoms with E-state index < -0.39 is 5.41 Å². The molecule has 2 rings (SSSR count). The molecule has 0 spiro atoms. The maximum Gasteiger partial charge on any atom is 0.315 e. The van der Waals surface area contributed by atoms with Gasteiger partial charge in [-0.3, -0.25) is 4.79 Å². The van der Waals surface area contributed by atoms with Crippen molar-refractivity contribution in [3.63, 3.8) is 0 Å². The third kappa shape index (κ3) is 1.80. The van der Waals surface area contributed by atoms with E-state index in [0.717, 1.165) is 16.8 Å². The van der Waals surface area contributed by atoms with Crippen molar-refractivity contribution in [2.45, 2.75) is 33.1 Å². The van der Waals surface area contributed by atoms with Gasteiger partial charge in [0.15, 0.2) is 0 Å². The number of rotatable bonds is 2. The molecule has 1 aromatic heterocycles. The Bertz CT molecular complexity index is 608. The Labute approximate surface area is 107 Å². The summed E-state index contributed by atoms with van der Waals surface area (Å²) in [4.78, 5) is 15.2. The van der Waals surface area contributed by atoms with Crippen LogP contribution in [-0.4, -0.2) is 18.1 Å². The van der Waals surface area contributed by atoms with Gasteiger partial charge in [0, 0.05) is 16.6 Å². The Kier molecular flexibility index (Phi) is 2.93. The number of benzene rings is 1. The molecule has 3 heteroatoms. The van der Waals surface area contributed by atoms with Crippen molar-refractivity contribution < 1.29 is 9.53 Å². The molecule has 0 amide bonds. The number of ether oxygens (including phenoxy) is 1. The molecule has 0 bridgehead atoms. The monoisotopic (exact) mass is 245 g/mol. The van der Waals surface area contributed by atoms with Crippen molar-refractivity contribution in [1.82, 2.24) is 4.98 Å². The molecule has 0 aliphatic rings. The average molecular weight is 245 g/mol. The predicted octanol–water partition coefficient (Wildman–Crippen LogP) is 3.24. The lowest BCUT2D eigenvalue weighted by molar-refractivity contribution is -0.146. The molecule has 0 aliphatic heterocycles. The van der Waals surface area contributed by atoms with Crippen LogP contribution in [-0.2, 0) is 14.9 Å². The maximum atomic E-state index is 11.8. The Morgan fingerprint density at radius 3 is 2.56 bits per heavy atom. The fraction of sp³-hybridized carbons (Fsp3) is 0.400. The fourth-order valence-electron chi connectivity index (χ4n) is 2.22. The fourth-order valence-corrected chi connectivity index (χ4v) is 2.22. The van der Waals surface area contributed by atoms with Crippen LogP contribution in [0.2, 0.25) is 0 Å². The zero-order valence-electron chi connectivity index (χ0n) is 11.5. The minimum atomic E-state index is -0.624. The van der Waals surface area contributed by atoms with Crippen LogP contribution in [0.1, 0.15) is 30.7 Å². The topological polar surface area (TPSA) is 42.1 Å². The summed E-state index contributed by atoms with van der Waals surface area (Å²) in [5.74, 6) is -0.216. The largest absolute Gasteiger partial charge is 0.468 e. The maximum absolute atomic E-state index is 11.8. The van der Waals surface area contributed by atoms with Gasteiger partial charge in [0.2, 0.25) is 0 Å². The number of fused-ring (bicyclic) bond motifs is 1. The molecule has 0 saturated carbocycles. The van der Waals surface area contributed by atoms with Crippen molar-refractivity contribution in [2.24, 2.45) is 0 Å². The first-order valence-corrected chi connectivity index (χ1v) is 6.05. The SMILES string of the molecule is COC(=O)C(C)(C)c1ccc2[nH]c(C)c(C)c2c1. The third-order valence-electron chi connectivity index (χ3n) is 3.73. The zero-order valence-corrected chi connectivity index (χ0v) is 11.5. The highest BCUT2D eigenvalue weighted by Crippen LogP contribution is 2.30. The van der Waals surface area contributed by atoms with Gasteiger partial charge in [-0.05, 0) is 51.0 Å². The molecular weight excluding hydrogens is 226 g/mol. The number of hydrogen-bond donors (Lipinski definition) is 1. The lowest BCUT2D eigenvalue weighted by Crippen LogP contribution is -2.30. The third-order valence-corrected chi connectivity index (χ3v) is 3.73. The summed E-state index contributed by atoms with van der Waals surface area (Å²) in [7, 11) is 1.42.